The molecule has 2 saturated heterocycles. The zero-order chi connectivity index (χ0) is 25.6. The average molecular weight is 545 g/mol. The summed E-state index contributed by atoms with van der Waals surface area (Å²) in [6, 6.07) is 2.38. The summed E-state index contributed by atoms with van der Waals surface area (Å²) in [5.74, 6) is -0.355. The molecule has 0 spiro atoms. The summed E-state index contributed by atoms with van der Waals surface area (Å²) in [7, 11) is -3.85. The number of rotatable bonds is 10. The Hall–Kier alpha value is -1.95. The Labute approximate surface area is 215 Å². The van der Waals surface area contributed by atoms with Gasteiger partial charge in [0.05, 0.1) is 10.9 Å². The van der Waals surface area contributed by atoms with Gasteiger partial charge in [0, 0.05) is 42.4 Å². The van der Waals surface area contributed by atoms with Gasteiger partial charge in [0.1, 0.15) is 6.04 Å². The molecule has 0 saturated carbocycles. The van der Waals surface area contributed by atoms with Crippen molar-refractivity contribution in [1.29, 1.82) is 0 Å². The molecule has 0 unspecified atom stereocenters. The summed E-state index contributed by atoms with van der Waals surface area (Å²) in [4.78, 5) is 41.8. The maximum atomic E-state index is 13.0. The summed E-state index contributed by atoms with van der Waals surface area (Å²) >= 11 is 7.12. The Balaban J connectivity index is 1.54. The van der Waals surface area contributed by atoms with Crippen molar-refractivity contribution in [3.8, 4) is 0 Å². The molecule has 0 bridgehead atoms. The Morgan fingerprint density at radius 1 is 1.23 bits per heavy atom. The maximum Gasteiger partial charge on any atom is 0.242 e. The van der Waals surface area contributed by atoms with Crippen LogP contribution in [0.15, 0.2) is 17.5 Å². The smallest absolute Gasteiger partial charge is 0.242 e. The van der Waals surface area contributed by atoms with Gasteiger partial charge in [0.2, 0.25) is 27.7 Å². The molecule has 1 aromatic heterocycles. The van der Waals surface area contributed by atoms with Crippen LogP contribution in [-0.4, -0.2) is 74.2 Å². The topological polar surface area (TPSA) is 116 Å². The van der Waals surface area contributed by atoms with Gasteiger partial charge in [-0.3, -0.25) is 14.4 Å². The number of nitrogens with one attached hydrogen (secondary N) is 2. The van der Waals surface area contributed by atoms with Crippen LogP contribution in [0.25, 0.3) is 6.08 Å². The second-order valence-electron chi connectivity index (χ2n) is 9.35. The summed E-state index contributed by atoms with van der Waals surface area (Å²) in [5.41, 5.74) is 0. The fraction of sp³-hybridized carbons (Fsp3) is 0.609. The molecule has 35 heavy (non-hydrogen) atoms. The summed E-state index contributed by atoms with van der Waals surface area (Å²) in [5, 5.41) is 3.93. The minimum atomic E-state index is -3.85. The lowest BCUT2D eigenvalue weighted by Crippen LogP contribution is -2.55. The van der Waals surface area contributed by atoms with Gasteiger partial charge in [0.25, 0.3) is 0 Å². The number of nitrogens with zero attached hydrogens (tertiary/aromatic N) is 2. The lowest BCUT2D eigenvalue weighted by atomic mass is 10.1. The Morgan fingerprint density at radius 3 is 2.66 bits per heavy atom. The number of carbonyl (C=O) groups excluding carboxylic acids is 3. The molecule has 2 atom stereocenters. The van der Waals surface area contributed by atoms with E-state index in [4.69, 9.17) is 11.6 Å². The standard InChI is InChI=1S/C23H33ClN4O5S2/c1-16(2)13-21(29)25-14-17-5-3-11-28(17)22(30)15-27-10-4-6-19(23(27)31)26-35(32,33)12-9-18-7-8-20(24)34-18/h7-9,12,16-17,19,26H,3-6,10-11,13-15H2,1-2H3,(H,25,29)/t17-,19+/m1/s1. The molecular weight excluding hydrogens is 512 g/mol. The normalized spacial score (nSPS) is 21.3. The number of halogens is 1. The fourth-order valence-corrected chi connectivity index (χ4v) is 6.39. The van der Waals surface area contributed by atoms with E-state index in [2.05, 4.69) is 10.0 Å². The van der Waals surface area contributed by atoms with Crippen molar-refractivity contribution in [3.63, 3.8) is 0 Å². The molecule has 3 heterocycles. The van der Waals surface area contributed by atoms with Gasteiger partial charge in [-0.1, -0.05) is 25.4 Å². The first-order valence-corrected chi connectivity index (χ1v) is 14.6. The second kappa shape index (κ2) is 12.3. The van der Waals surface area contributed by atoms with Crippen molar-refractivity contribution in [1.82, 2.24) is 19.8 Å². The Morgan fingerprint density at radius 2 is 1.97 bits per heavy atom. The van der Waals surface area contributed by atoms with E-state index in [-0.39, 0.29) is 30.3 Å². The number of likely N-dealkylation sites (tertiary alicyclic amines) is 2. The lowest BCUT2D eigenvalue weighted by Gasteiger charge is -2.34. The molecule has 0 radical (unpaired) electrons. The fourth-order valence-electron chi connectivity index (χ4n) is 4.32. The van der Waals surface area contributed by atoms with Crippen LogP contribution in [0, 0.1) is 5.92 Å². The van der Waals surface area contributed by atoms with Gasteiger partial charge < -0.3 is 15.1 Å². The van der Waals surface area contributed by atoms with E-state index in [9.17, 15) is 22.8 Å². The van der Waals surface area contributed by atoms with Crippen molar-refractivity contribution in [2.75, 3.05) is 26.2 Å². The van der Waals surface area contributed by atoms with E-state index in [0.29, 0.717) is 48.1 Å². The number of amides is 3. The third kappa shape index (κ3) is 8.30. The first-order valence-electron chi connectivity index (χ1n) is 11.8. The third-order valence-corrected chi connectivity index (χ3v) is 8.30. The van der Waals surface area contributed by atoms with Gasteiger partial charge >= 0.3 is 0 Å². The Kier molecular flexibility index (Phi) is 9.74. The molecule has 2 N–H and O–H groups in total. The van der Waals surface area contributed by atoms with Gasteiger partial charge in [0.15, 0.2) is 0 Å². The quantitative estimate of drug-likeness (QED) is 0.469. The van der Waals surface area contributed by atoms with Crippen LogP contribution >= 0.6 is 22.9 Å². The molecule has 3 amide bonds. The number of hydrogen-bond donors (Lipinski definition) is 2. The van der Waals surface area contributed by atoms with Crippen LogP contribution in [0.5, 0.6) is 0 Å². The van der Waals surface area contributed by atoms with Gasteiger partial charge in [-0.15, -0.1) is 11.3 Å². The van der Waals surface area contributed by atoms with Gasteiger partial charge in [-0.05, 0) is 49.8 Å². The molecule has 0 aliphatic carbocycles. The minimum absolute atomic E-state index is 0.0307. The highest BCUT2D eigenvalue weighted by Gasteiger charge is 2.35. The monoisotopic (exact) mass is 544 g/mol. The largest absolute Gasteiger partial charge is 0.354 e. The van der Waals surface area contributed by atoms with Crippen molar-refractivity contribution in [3.05, 3.63) is 26.8 Å². The number of thiophene rings is 1. The zero-order valence-electron chi connectivity index (χ0n) is 20.0. The molecule has 2 aliphatic heterocycles. The minimum Gasteiger partial charge on any atom is -0.354 e. The summed E-state index contributed by atoms with van der Waals surface area (Å²) in [6.07, 6.45) is 4.47. The van der Waals surface area contributed by atoms with E-state index in [1.807, 2.05) is 13.8 Å². The Bertz CT molecular complexity index is 1060. The molecule has 0 aromatic carbocycles. The first-order chi connectivity index (χ1) is 16.5. The van der Waals surface area contributed by atoms with E-state index >= 15 is 0 Å². The molecule has 194 valence electrons. The van der Waals surface area contributed by atoms with Crippen molar-refractivity contribution >= 4 is 56.8 Å². The van der Waals surface area contributed by atoms with E-state index < -0.39 is 22.0 Å². The van der Waals surface area contributed by atoms with Crippen molar-refractivity contribution in [2.45, 2.75) is 58.0 Å². The average Bonchev–Trinajstić information content (AvgIpc) is 3.42. The molecule has 3 rings (SSSR count). The number of piperidine rings is 1. The maximum absolute atomic E-state index is 13.0. The molecular formula is C23H33ClN4O5S2. The van der Waals surface area contributed by atoms with Crippen LogP contribution in [0.2, 0.25) is 4.34 Å². The highest BCUT2D eigenvalue weighted by Crippen LogP contribution is 2.23. The van der Waals surface area contributed by atoms with E-state index in [0.717, 1.165) is 18.2 Å². The summed E-state index contributed by atoms with van der Waals surface area (Å²) < 4.78 is 28.0. The molecule has 12 heteroatoms. The predicted octanol–water partition coefficient (Wildman–Crippen LogP) is 2.44. The van der Waals surface area contributed by atoms with Gasteiger partial charge in [-0.2, -0.15) is 4.72 Å². The van der Waals surface area contributed by atoms with Crippen LogP contribution in [-0.2, 0) is 24.4 Å². The van der Waals surface area contributed by atoms with E-state index in [1.165, 1.54) is 22.3 Å². The second-order valence-corrected chi connectivity index (χ2v) is 12.7. The van der Waals surface area contributed by atoms with Gasteiger partial charge in [-0.25, -0.2) is 8.42 Å². The van der Waals surface area contributed by atoms with Crippen LogP contribution in [0.1, 0.15) is 50.8 Å². The SMILES string of the molecule is CC(C)CC(=O)NC[C@H]1CCCN1C(=O)CN1CCC[C@H](NS(=O)(=O)C=Cc2ccc(Cl)s2)C1=O. The number of sulfonamides is 1. The summed E-state index contributed by atoms with van der Waals surface area (Å²) in [6.45, 7) is 5.23. The lowest BCUT2D eigenvalue weighted by molar-refractivity contribution is -0.143. The highest BCUT2D eigenvalue weighted by molar-refractivity contribution is 7.92. The van der Waals surface area contributed by atoms with Crippen LogP contribution < -0.4 is 10.0 Å². The third-order valence-electron chi connectivity index (χ3n) is 5.99. The molecule has 1 aromatic rings. The number of hydrogen-bond acceptors (Lipinski definition) is 6. The van der Waals surface area contributed by atoms with Crippen molar-refractivity contribution in [2.24, 2.45) is 5.92 Å². The molecule has 9 nitrogen and oxygen atoms in total. The van der Waals surface area contributed by atoms with E-state index in [1.54, 1.807) is 17.0 Å². The number of carbonyl (C=O) groups is 3. The highest BCUT2D eigenvalue weighted by atomic mass is 35.5. The van der Waals surface area contributed by atoms with Crippen molar-refractivity contribution < 1.29 is 22.8 Å². The van der Waals surface area contributed by atoms with Crippen LogP contribution in [0.3, 0.4) is 0 Å². The molecule has 2 fully saturated rings. The van der Waals surface area contributed by atoms with Crippen LogP contribution in [0.4, 0.5) is 0 Å². The zero-order valence-corrected chi connectivity index (χ0v) is 22.4. The molecule has 2 aliphatic rings. The first kappa shape index (κ1) is 27.6. The predicted molar refractivity (Wildman–Crippen MR) is 137 cm³/mol.